The fraction of sp³-hybridized carbons (Fsp3) is 0.353. The topological polar surface area (TPSA) is 93.4 Å². The number of hydrogen-bond acceptors (Lipinski definition) is 6. The smallest absolute Gasteiger partial charge is 0.252 e. The lowest BCUT2D eigenvalue weighted by Crippen LogP contribution is -2.44. The zero-order valence-corrected chi connectivity index (χ0v) is 13.4. The largest absolute Gasteiger partial charge is 0.384 e. The fourth-order valence-corrected chi connectivity index (χ4v) is 2.71. The van der Waals surface area contributed by atoms with Crippen LogP contribution >= 0.6 is 0 Å². The van der Waals surface area contributed by atoms with Gasteiger partial charge in [0.05, 0.1) is 30.5 Å². The summed E-state index contributed by atoms with van der Waals surface area (Å²) in [5.74, 6) is 0.225. The Kier molecular flexibility index (Phi) is 5.35. The van der Waals surface area contributed by atoms with Crippen LogP contribution in [0.1, 0.15) is 22.1 Å². The maximum Gasteiger partial charge on any atom is 0.252 e. The van der Waals surface area contributed by atoms with Gasteiger partial charge in [0.2, 0.25) is 0 Å². The summed E-state index contributed by atoms with van der Waals surface area (Å²) in [5, 5.41) is 2.97. The SMILES string of the molecule is Nc1ccc(C(=O)NCC(c2ccccn2)N2CCOCC2)cn1. The average Bonchev–Trinajstić information content (AvgIpc) is 2.64. The van der Waals surface area contributed by atoms with Crippen LogP contribution in [0.25, 0.3) is 0 Å². The molecule has 1 aliphatic heterocycles. The summed E-state index contributed by atoms with van der Waals surface area (Å²) in [6.45, 7) is 3.50. The first kappa shape index (κ1) is 16.4. The second-order valence-corrected chi connectivity index (χ2v) is 5.60. The quantitative estimate of drug-likeness (QED) is 0.846. The van der Waals surface area contributed by atoms with Gasteiger partial charge in [-0.1, -0.05) is 6.07 Å². The van der Waals surface area contributed by atoms with Crippen molar-refractivity contribution in [3.05, 3.63) is 54.0 Å². The zero-order valence-electron chi connectivity index (χ0n) is 13.4. The summed E-state index contributed by atoms with van der Waals surface area (Å²) < 4.78 is 5.42. The monoisotopic (exact) mass is 327 g/mol. The second kappa shape index (κ2) is 7.85. The number of carbonyl (C=O) groups excluding carboxylic acids is 1. The van der Waals surface area contributed by atoms with Gasteiger partial charge in [-0.2, -0.15) is 0 Å². The van der Waals surface area contributed by atoms with Crippen molar-refractivity contribution >= 4 is 11.7 Å². The van der Waals surface area contributed by atoms with Gasteiger partial charge in [-0.25, -0.2) is 4.98 Å². The highest BCUT2D eigenvalue weighted by Gasteiger charge is 2.24. The van der Waals surface area contributed by atoms with Crippen molar-refractivity contribution in [1.29, 1.82) is 0 Å². The standard InChI is InChI=1S/C17H21N5O2/c18-16-5-4-13(11-20-16)17(23)21-12-15(14-3-1-2-6-19-14)22-7-9-24-10-8-22/h1-6,11,15H,7-10,12H2,(H2,18,20)(H,21,23). The summed E-state index contributed by atoms with van der Waals surface area (Å²) in [7, 11) is 0. The summed E-state index contributed by atoms with van der Waals surface area (Å²) in [6.07, 6.45) is 3.25. The van der Waals surface area contributed by atoms with E-state index in [1.54, 1.807) is 18.3 Å². The van der Waals surface area contributed by atoms with E-state index in [-0.39, 0.29) is 11.9 Å². The number of amides is 1. The Labute approximate surface area is 140 Å². The van der Waals surface area contributed by atoms with E-state index in [9.17, 15) is 4.79 Å². The molecule has 1 unspecified atom stereocenters. The van der Waals surface area contributed by atoms with Crippen molar-refractivity contribution in [2.75, 3.05) is 38.6 Å². The Morgan fingerprint density at radius 2 is 2.08 bits per heavy atom. The van der Waals surface area contributed by atoms with Gasteiger partial charge in [-0.3, -0.25) is 14.7 Å². The summed E-state index contributed by atoms with van der Waals surface area (Å²) >= 11 is 0. The average molecular weight is 327 g/mol. The number of hydrogen-bond donors (Lipinski definition) is 2. The van der Waals surface area contributed by atoms with Gasteiger partial charge in [-0.15, -0.1) is 0 Å². The van der Waals surface area contributed by atoms with Crippen LogP contribution in [-0.2, 0) is 4.74 Å². The Morgan fingerprint density at radius 1 is 1.25 bits per heavy atom. The molecule has 3 heterocycles. The van der Waals surface area contributed by atoms with Gasteiger partial charge >= 0.3 is 0 Å². The van der Waals surface area contributed by atoms with Crippen molar-refractivity contribution in [1.82, 2.24) is 20.2 Å². The molecular weight excluding hydrogens is 306 g/mol. The number of ether oxygens (including phenoxy) is 1. The van der Waals surface area contributed by atoms with Crippen LogP contribution in [0.5, 0.6) is 0 Å². The van der Waals surface area contributed by atoms with Crippen molar-refractivity contribution in [3.63, 3.8) is 0 Å². The molecule has 3 N–H and O–H groups in total. The van der Waals surface area contributed by atoms with Gasteiger partial charge in [0.15, 0.2) is 0 Å². The van der Waals surface area contributed by atoms with Crippen molar-refractivity contribution in [2.24, 2.45) is 0 Å². The van der Waals surface area contributed by atoms with Gasteiger partial charge in [-0.05, 0) is 24.3 Å². The molecule has 0 spiro atoms. The molecule has 7 heteroatoms. The molecule has 7 nitrogen and oxygen atoms in total. The number of nitrogens with one attached hydrogen (secondary N) is 1. The molecule has 0 aromatic carbocycles. The molecule has 1 aliphatic rings. The maximum atomic E-state index is 12.3. The lowest BCUT2D eigenvalue weighted by atomic mass is 10.1. The number of carbonyl (C=O) groups is 1. The van der Waals surface area contributed by atoms with Crippen LogP contribution in [0.15, 0.2) is 42.7 Å². The number of nitrogens with two attached hydrogens (primary N) is 1. The van der Waals surface area contributed by atoms with Crippen LogP contribution in [0.4, 0.5) is 5.82 Å². The molecule has 1 atom stereocenters. The van der Waals surface area contributed by atoms with E-state index in [0.717, 1.165) is 18.8 Å². The minimum atomic E-state index is -0.170. The van der Waals surface area contributed by atoms with Crippen LogP contribution in [-0.4, -0.2) is 53.6 Å². The summed E-state index contributed by atoms with van der Waals surface area (Å²) in [6, 6.07) is 9.13. The summed E-state index contributed by atoms with van der Waals surface area (Å²) in [4.78, 5) is 23.0. The third-order valence-corrected chi connectivity index (χ3v) is 4.02. The van der Waals surface area contributed by atoms with Gasteiger partial charge < -0.3 is 15.8 Å². The molecule has 0 aliphatic carbocycles. The van der Waals surface area contributed by atoms with E-state index in [2.05, 4.69) is 20.2 Å². The van der Waals surface area contributed by atoms with Crippen LogP contribution in [0, 0.1) is 0 Å². The van der Waals surface area contributed by atoms with E-state index in [0.29, 0.717) is 31.1 Å². The number of aromatic nitrogens is 2. The molecule has 1 saturated heterocycles. The lowest BCUT2D eigenvalue weighted by Gasteiger charge is -2.34. The van der Waals surface area contributed by atoms with Crippen molar-refractivity contribution in [3.8, 4) is 0 Å². The van der Waals surface area contributed by atoms with Gasteiger partial charge in [0.1, 0.15) is 5.82 Å². The van der Waals surface area contributed by atoms with Crippen LogP contribution in [0.2, 0.25) is 0 Å². The molecule has 2 aromatic heterocycles. The zero-order chi connectivity index (χ0) is 16.8. The normalized spacial score (nSPS) is 16.5. The lowest BCUT2D eigenvalue weighted by molar-refractivity contribution is 0.0154. The second-order valence-electron chi connectivity index (χ2n) is 5.60. The Morgan fingerprint density at radius 3 is 2.75 bits per heavy atom. The molecule has 3 rings (SSSR count). The van der Waals surface area contributed by atoms with E-state index >= 15 is 0 Å². The third-order valence-electron chi connectivity index (χ3n) is 4.02. The summed E-state index contributed by atoms with van der Waals surface area (Å²) in [5.41, 5.74) is 6.98. The number of nitrogens with zero attached hydrogens (tertiary/aromatic N) is 3. The van der Waals surface area contributed by atoms with Crippen molar-refractivity contribution < 1.29 is 9.53 Å². The molecule has 1 fully saturated rings. The van der Waals surface area contributed by atoms with E-state index < -0.39 is 0 Å². The molecule has 0 radical (unpaired) electrons. The third kappa shape index (κ3) is 4.06. The molecular formula is C17H21N5O2. The van der Waals surface area contributed by atoms with Gasteiger partial charge in [0, 0.05) is 32.0 Å². The number of rotatable bonds is 5. The van der Waals surface area contributed by atoms with Crippen molar-refractivity contribution in [2.45, 2.75) is 6.04 Å². The Balaban J connectivity index is 1.69. The molecule has 1 amide bonds. The first-order chi connectivity index (χ1) is 11.7. The number of morpholine rings is 1. The highest BCUT2D eigenvalue weighted by molar-refractivity contribution is 5.94. The first-order valence-electron chi connectivity index (χ1n) is 7.96. The van der Waals surface area contributed by atoms with Gasteiger partial charge in [0.25, 0.3) is 5.91 Å². The molecule has 0 saturated carbocycles. The van der Waals surface area contributed by atoms with E-state index in [4.69, 9.17) is 10.5 Å². The highest BCUT2D eigenvalue weighted by Crippen LogP contribution is 2.19. The molecule has 0 bridgehead atoms. The Bertz CT molecular complexity index is 656. The maximum absolute atomic E-state index is 12.3. The Hall–Kier alpha value is -2.51. The predicted octanol–water partition coefficient (Wildman–Crippen LogP) is 0.862. The first-order valence-corrected chi connectivity index (χ1v) is 7.96. The molecule has 126 valence electrons. The molecule has 24 heavy (non-hydrogen) atoms. The van der Waals surface area contributed by atoms with E-state index in [1.807, 2.05) is 18.2 Å². The van der Waals surface area contributed by atoms with Crippen LogP contribution < -0.4 is 11.1 Å². The fourth-order valence-electron chi connectivity index (χ4n) is 2.71. The van der Waals surface area contributed by atoms with Crippen LogP contribution in [0.3, 0.4) is 0 Å². The minimum Gasteiger partial charge on any atom is -0.384 e. The highest BCUT2D eigenvalue weighted by atomic mass is 16.5. The van der Waals surface area contributed by atoms with E-state index in [1.165, 1.54) is 6.20 Å². The molecule has 2 aromatic rings. The number of anilines is 1. The minimum absolute atomic E-state index is 0.0146. The number of pyridine rings is 2. The predicted molar refractivity (Wildman–Crippen MR) is 90.4 cm³/mol. The number of nitrogen functional groups attached to an aromatic ring is 1.